The van der Waals surface area contributed by atoms with Crippen molar-refractivity contribution in [3.63, 3.8) is 0 Å². The third kappa shape index (κ3) is 4.53. The zero-order valence-electron chi connectivity index (χ0n) is 17.6. The van der Waals surface area contributed by atoms with E-state index in [2.05, 4.69) is 5.32 Å². The number of fused-ring (bicyclic) bond motifs is 1. The highest BCUT2D eigenvalue weighted by Gasteiger charge is 2.34. The minimum Gasteiger partial charge on any atom is -0.339 e. The van der Waals surface area contributed by atoms with Gasteiger partial charge in [-0.2, -0.15) is 0 Å². The van der Waals surface area contributed by atoms with Crippen LogP contribution < -0.4 is 5.32 Å². The van der Waals surface area contributed by atoms with E-state index < -0.39 is 0 Å². The molecule has 4 rings (SSSR count). The van der Waals surface area contributed by atoms with E-state index in [0.29, 0.717) is 46.9 Å². The van der Waals surface area contributed by atoms with Crippen LogP contribution in [0.1, 0.15) is 63.2 Å². The van der Waals surface area contributed by atoms with Crippen LogP contribution in [-0.4, -0.2) is 53.1 Å². The molecule has 2 aromatic rings. The number of halogens is 1. The number of hydrogen-bond donors (Lipinski definition) is 1. The fraction of sp³-hybridized carbons (Fsp3) is 0.333. The van der Waals surface area contributed by atoms with Gasteiger partial charge in [-0.15, -0.1) is 0 Å². The summed E-state index contributed by atoms with van der Waals surface area (Å²) in [4.78, 5) is 53.3. The first kappa shape index (κ1) is 22.0. The van der Waals surface area contributed by atoms with E-state index in [0.717, 1.165) is 19.3 Å². The van der Waals surface area contributed by atoms with Gasteiger partial charge in [0.15, 0.2) is 0 Å². The summed E-state index contributed by atoms with van der Waals surface area (Å²) in [5.74, 6) is -1.11. The lowest BCUT2D eigenvalue weighted by atomic mass is 10.1. The fourth-order valence-corrected chi connectivity index (χ4v) is 4.30. The normalized spacial score (nSPS) is 15.7. The maximum absolute atomic E-state index is 12.9. The van der Waals surface area contributed by atoms with Gasteiger partial charge in [0.25, 0.3) is 17.7 Å². The quantitative estimate of drug-likeness (QED) is 0.670. The van der Waals surface area contributed by atoms with Crippen LogP contribution in [0.25, 0.3) is 0 Å². The van der Waals surface area contributed by atoms with E-state index in [1.165, 1.54) is 4.90 Å². The van der Waals surface area contributed by atoms with Crippen molar-refractivity contribution in [3.8, 4) is 0 Å². The Kier molecular flexibility index (Phi) is 6.55. The summed E-state index contributed by atoms with van der Waals surface area (Å²) in [5, 5.41) is 3.20. The molecule has 0 spiro atoms. The molecule has 0 bridgehead atoms. The van der Waals surface area contributed by atoms with E-state index >= 15 is 0 Å². The van der Waals surface area contributed by atoms with Crippen LogP contribution in [0.2, 0.25) is 5.02 Å². The van der Waals surface area contributed by atoms with Gasteiger partial charge < -0.3 is 10.2 Å². The predicted octanol–water partition coefficient (Wildman–Crippen LogP) is 3.98. The Balaban J connectivity index is 1.36. The largest absolute Gasteiger partial charge is 0.339 e. The van der Waals surface area contributed by atoms with E-state index in [1.807, 2.05) is 0 Å². The van der Waals surface area contributed by atoms with Crippen LogP contribution in [0, 0.1) is 0 Å². The van der Waals surface area contributed by atoms with Gasteiger partial charge in [-0.05, 0) is 56.0 Å². The summed E-state index contributed by atoms with van der Waals surface area (Å²) in [6.45, 7) is 1.55. The molecular formula is C24H24ClN3O4. The molecule has 4 amide bonds. The second-order valence-corrected chi connectivity index (χ2v) is 8.44. The second-order valence-electron chi connectivity index (χ2n) is 8.00. The standard InChI is InChI=1S/C24H24ClN3O4/c25-16-10-11-19(22(30)27-12-4-1-5-13-27)20(15-16)26-21(29)9-6-14-28-23(31)17-7-2-3-8-18(17)24(28)32/h2-3,7-8,10-11,15H,1,4-6,9,12-14H2,(H,26,29). The number of nitrogens with zero attached hydrogens (tertiary/aromatic N) is 2. The van der Waals surface area contributed by atoms with Crippen molar-refractivity contribution in [1.29, 1.82) is 0 Å². The molecule has 2 aromatic carbocycles. The minimum absolute atomic E-state index is 0.0945. The number of benzene rings is 2. The number of amides is 4. The van der Waals surface area contributed by atoms with Crippen molar-refractivity contribution in [2.75, 3.05) is 25.0 Å². The number of hydrogen-bond acceptors (Lipinski definition) is 4. The Bertz CT molecular complexity index is 1040. The number of anilines is 1. The molecular weight excluding hydrogens is 430 g/mol. The van der Waals surface area contributed by atoms with Crippen LogP contribution in [0.5, 0.6) is 0 Å². The van der Waals surface area contributed by atoms with Gasteiger partial charge in [0.05, 0.1) is 22.4 Å². The van der Waals surface area contributed by atoms with E-state index in [-0.39, 0.29) is 36.6 Å². The average molecular weight is 454 g/mol. The SMILES string of the molecule is O=C(CCCN1C(=O)c2ccccc2C1=O)Nc1cc(Cl)ccc1C(=O)N1CCCCC1. The highest BCUT2D eigenvalue weighted by molar-refractivity contribution is 6.31. The molecule has 1 saturated heterocycles. The molecule has 7 nitrogen and oxygen atoms in total. The number of nitrogens with one attached hydrogen (secondary N) is 1. The summed E-state index contributed by atoms with van der Waals surface area (Å²) in [7, 11) is 0. The smallest absolute Gasteiger partial charge is 0.261 e. The van der Waals surface area contributed by atoms with Crippen molar-refractivity contribution in [2.45, 2.75) is 32.1 Å². The molecule has 0 radical (unpaired) electrons. The summed E-state index contributed by atoms with van der Waals surface area (Å²) in [5.41, 5.74) is 1.56. The van der Waals surface area contributed by atoms with Crippen LogP contribution >= 0.6 is 11.6 Å². The number of piperidine rings is 1. The molecule has 0 atom stereocenters. The third-order valence-electron chi connectivity index (χ3n) is 5.79. The first-order valence-corrected chi connectivity index (χ1v) is 11.2. The van der Waals surface area contributed by atoms with E-state index in [9.17, 15) is 19.2 Å². The lowest BCUT2D eigenvalue weighted by molar-refractivity contribution is -0.116. The molecule has 8 heteroatoms. The Labute approximate surface area is 191 Å². The highest BCUT2D eigenvalue weighted by Crippen LogP contribution is 2.25. The molecule has 1 fully saturated rings. The fourth-order valence-electron chi connectivity index (χ4n) is 4.13. The molecule has 1 N–H and O–H groups in total. The van der Waals surface area contributed by atoms with Gasteiger partial charge in [0.1, 0.15) is 0 Å². The van der Waals surface area contributed by atoms with E-state index in [1.54, 1.807) is 47.4 Å². The molecule has 166 valence electrons. The van der Waals surface area contributed by atoms with Crippen LogP contribution in [0.4, 0.5) is 5.69 Å². The van der Waals surface area contributed by atoms with Crippen molar-refractivity contribution >= 4 is 40.9 Å². The van der Waals surface area contributed by atoms with Gasteiger partial charge in [-0.1, -0.05) is 23.7 Å². The van der Waals surface area contributed by atoms with Gasteiger partial charge in [-0.3, -0.25) is 24.1 Å². The third-order valence-corrected chi connectivity index (χ3v) is 6.03. The van der Waals surface area contributed by atoms with Gasteiger partial charge in [0, 0.05) is 31.1 Å². The second kappa shape index (κ2) is 9.53. The Hall–Kier alpha value is -3.19. The highest BCUT2D eigenvalue weighted by atomic mass is 35.5. The van der Waals surface area contributed by atoms with Crippen LogP contribution in [0.15, 0.2) is 42.5 Å². The molecule has 2 aliphatic rings. The lowest BCUT2D eigenvalue weighted by Crippen LogP contribution is -2.36. The maximum atomic E-state index is 12.9. The Morgan fingerprint density at radius 3 is 2.25 bits per heavy atom. The monoisotopic (exact) mass is 453 g/mol. The molecule has 0 aliphatic carbocycles. The van der Waals surface area contributed by atoms with Crippen molar-refractivity contribution < 1.29 is 19.2 Å². The summed E-state index contributed by atoms with van der Waals surface area (Å²) in [6, 6.07) is 11.5. The summed E-state index contributed by atoms with van der Waals surface area (Å²) >= 11 is 6.10. The van der Waals surface area contributed by atoms with Crippen molar-refractivity contribution in [2.24, 2.45) is 0 Å². The number of likely N-dealkylation sites (tertiary alicyclic amines) is 1. The molecule has 0 unspecified atom stereocenters. The topological polar surface area (TPSA) is 86.8 Å². The zero-order valence-corrected chi connectivity index (χ0v) is 18.4. The number of imide groups is 1. The van der Waals surface area contributed by atoms with E-state index in [4.69, 9.17) is 11.6 Å². The number of carbonyl (C=O) groups is 4. The summed E-state index contributed by atoms with van der Waals surface area (Å²) in [6.07, 6.45) is 3.46. The van der Waals surface area contributed by atoms with Gasteiger partial charge in [-0.25, -0.2) is 0 Å². The molecule has 32 heavy (non-hydrogen) atoms. The predicted molar refractivity (Wildman–Crippen MR) is 121 cm³/mol. The molecule has 2 heterocycles. The van der Waals surface area contributed by atoms with Crippen LogP contribution in [-0.2, 0) is 4.79 Å². The number of carbonyl (C=O) groups excluding carboxylic acids is 4. The Morgan fingerprint density at radius 1 is 0.938 bits per heavy atom. The van der Waals surface area contributed by atoms with Gasteiger partial charge in [0.2, 0.25) is 5.91 Å². The van der Waals surface area contributed by atoms with Crippen LogP contribution in [0.3, 0.4) is 0 Å². The minimum atomic E-state index is -0.338. The first-order valence-electron chi connectivity index (χ1n) is 10.8. The molecule has 2 aliphatic heterocycles. The van der Waals surface area contributed by atoms with Crippen molar-refractivity contribution in [3.05, 3.63) is 64.2 Å². The number of rotatable bonds is 6. The maximum Gasteiger partial charge on any atom is 0.261 e. The Morgan fingerprint density at radius 2 is 1.59 bits per heavy atom. The average Bonchev–Trinajstić information content (AvgIpc) is 3.04. The van der Waals surface area contributed by atoms with Crippen molar-refractivity contribution in [1.82, 2.24) is 9.80 Å². The first-order chi connectivity index (χ1) is 15.5. The lowest BCUT2D eigenvalue weighted by Gasteiger charge is -2.27. The molecule has 0 saturated carbocycles. The molecule has 0 aromatic heterocycles. The zero-order chi connectivity index (χ0) is 22.7. The van der Waals surface area contributed by atoms with Gasteiger partial charge >= 0.3 is 0 Å². The summed E-state index contributed by atoms with van der Waals surface area (Å²) < 4.78 is 0.